The molecule has 0 bridgehead atoms. The van der Waals surface area contributed by atoms with Crippen LogP contribution < -0.4 is 14.8 Å². The number of benzene rings is 3. The predicted octanol–water partition coefficient (Wildman–Crippen LogP) is 4.25. The van der Waals surface area contributed by atoms with Gasteiger partial charge in [0.25, 0.3) is 11.2 Å². The average molecular weight is 443 g/mol. The van der Waals surface area contributed by atoms with Gasteiger partial charge in [0.15, 0.2) is 4.96 Å². The number of aryl methyl sites for hydroxylation is 1. The molecule has 0 aliphatic heterocycles. The fourth-order valence-corrected chi connectivity index (χ4v) is 4.55. The second-order valence-corrected chi connectivity index (χ2v) is 8.34. The van der Waals surface area contributed by atoms with Crippen LogP contribution in [0.15, 0.2) is 71.5 Å². The Labute approximate surface area is 186 Å². The van der Waals surface area contributed by atoms with Crippen LogP contribution in [-0.4, -0.2) is 14.3 Å². The Bertz CT molecular complexity index is 1600. The van der Waals surface area contributed by atoms with Crippen molar-refractivity contribution >= 4 is 39.1 Å². The summed E-state index contributed by atoms with van der Waals surface area (Å²) >= 11 is 1.24. The SMILES string of the molecule is Cc1ccccc1COc1ccc([N+](=O)[O-])cc1/C=c1\sc2nc3ccccc3n2c1=O. The highest BCUT2D eigenvalue weighted by atomic mass is 32.1. The lowest BCUT2D eigenvalue weighted by atomic mass is 10.1. The topological polar surface area (TPSA) is 86.7 Å². The predicted molar refractivity (Wildman–Crippen MR) is 124 cm³/mol. The molecule has 0 atom stereocenters. The molecule has 2 aromatic heterocycles. The van der Waals surface area contributed by atoms with Crippen molar-refractivity contribution in [3.05, 3.63) is 108 Å². The van der Waals surface area contributed by atoms with Gasteiger partial charge in [0.1, 0.15) is 12.4 Å². The van der Waals surface area contributed by atoms with Gasteiger partial charge in [-0.05, 0) is 42.3 Å². The molecule has 0 amide bonds. The number of ether oxygens (including phenoxy) is 1. The number of fused-ring (bicyclic) bond motifs is 3. The van der Waals surface area contributed by atoms with E-state index in [-0.39, 0.29) is 11.2 Å². The first kappa shape index (κ1) is 19.9. The van der Waals surface area contributed by atoms with Crippen LogP contribution in [0.2, 0.25) is 0 Å². The summed E-state index contributed by atoms with van der Waals surface area (Å²) in [7, 11) is 0. The van der Waals surface area contributed by atoms with E-state index in [1.54, 1.807) is 16.5 Å². The van der Waals surface area contributed by atoms with Gasteiger partial charge in [0.05, 0.1) is 20.5 Å². The van der Waals surface area contributed by atoms with E-state index in [0.29, 0.717) is 27.4 Å². The van der Waals surface area contributed by atoms with Crippen molar-refractivity contribution < 1.29 is 9.66 Å². The second kappa shape index (κ2) is 7.90. The molecule has 0 saturated carbocycles. The van der Waals surface area contributed by atoms with E-state index in [1.165, 1.54) is 23.5 Å². The Morgan fingerprint density at radius 2 is 1.91 bits per heavy atom. The minimum Gasteiger partial charge on any atom is -0.488 e. The molecule has 0 fully saturated rings. The highest BCUT2D eigenvalue weighted by molar-refractivity contribution is 7.15. The summed E-state index contributed by atoms with van der Waals surface area (Å²) in [5.74, 6) is 0.467. The smallest absolute Gasteiger partial charge is 0.274 e. The molecule has 0 saturated heterocycles. The molecule has 0 spiro atoms. The van der Waals surface area contributed by atoms with Gasteiger partial charge < -0.3 is 4.74 Å². The van der Waals surface area contributed by atoms with Crippen LogP contribution in [0.4, 0.5) is 5.69 Å². The van der Waals surface area contributed by atoms with Crippen LogP contribution >= 0.6 is 11.3 Å². The quantitative estimate of drug-likeness (QED) is 0.299. The number of aromatic nitrogens is 2. The van der Waals surface area contributed by atoms with Gasteiger partial charge >= 0.3 is 0 Å². The van der Waals surface area contributed by atoms with Crippen molar-refractivity contribution in [3.63, 3.8) is 0 Å². The maximum atomic E-state index is 13.1. The maximum absolute atomic E-state index is 13.1. The van der Waals surface area contributed by atoms with E-state index in [0.717, 1.165) is 22.2 Å². The molecular formula is C24H17N3O4S. The van der Waals surface area contributed by atoms with Crippen molar-refractivity contribution in [1.29, 1.82) is 0 Å². The minimum atomic E-state index is -0.463. The summed E-state index contributed by atoms with van der Waals surface area (Å²) in [5, 5.41) is 11.3. The first-order valence-electron chi connectivity index (χ1n) is 9.89. The third-order valence-electron chi connectivity index (χ3n) is 5.28. The molecule has 0 unspecified atom stereocenters. The van der Waals surface area contributed by atoms with E-state index in [2.05, 4.69) is 4.98 Å². The van der Waals surface area contributed by atoms with E-state index in [9.17, 15) is 14.9 Å². The third-order valence-corrected chi connectivity index (χ3v) is 6.25. The van der Waals surface area contributed by atoms with Gasteiger partial charge in [0, 0.05) is 17.7 Å². The molecule has 5 aromatic rings. The third kappa shape index (κ3) is 3.50. The number of nitro benzene ring substituents is 1. The molecule has 2 heterocycles. The molecule has 32 heavy (non-hydrogen) atoms. The van der Waals surface area contributed by atoms with E-state index >= 15 is 0 Å². The summed E-state index contributed by atoms with van der Waals surface area (Å²) in [4.78, 5) is 29.1. The number of nitrogens with zero attached hydrogens (tertiary/aromatic N) is 3. The van der Waals surface area contributed by atoms with Gasteiger partial charge in [-0.25, -0.2) is 9.38 Å². The van der Waals surface area contributed by atoms with Gasteiger partial charge in [0.2, 0.25) is 0 Å². The van der Waals surface area contributed by atoms with Gasteiger partial charge in [-0.3, -0.25) is 14.9 Å². The highest BCUT2D eigenvalue weighted by Crippen LogP contribution is 2.26. The number of non-ortho nitro benzene ring substituents is 1. The maximum Gasteiger partial charge on any atom is 0.274 e. The highest BCUT2D eigenvalue weighted by Gasteiger charge is 2.14. The fraction of sp³-hybridized carbons (Fsp3) is 0.0833. The van der Waals surface area contributed by atoms with Crippen molar-refractivity contribution in [2.45, 2.75) is 13.5 Å². The summed E-state index contributed by atoms with van der Waals surface area (Å²) in [6.07, 6.45) is 1.64. The molecule has 5 rings (SSSR count). The van der Waals surface area contributed by atoms with Crippen LogP contribution in [-0.2, 0) is 6.61 Å². The molecular weight excluding hydrogens is 426 g/mol. The van der Waals surface area contributed by atoms with Crippen molar-refractivity contribution in [1.82, 2.24) is 9.38 Å². The van der Waals surface area contributed by atoms with E-state index in [1.807, 2.05) is 55.5 Å². The Balaban J connectivity index is 1.61. The van der Waals surface area contributed by atoms with Crippen molar-refractivity contribution in [2.24, 2.45) is 0 Å². The lowest BCUT2D eigenvalue weighted by Gasteiger charge is -2.11. The van der Waals surface area contributed by atoms with E-state index in [4.69, 9.17) is 4.74 Å². The van der Waals surface area contributed by atoms with Crippen LogP contribution in [0.3, 0.4) is 0 Å². The number of nitro groups is 1. The second-order valence-electron chi connectivity index (χ2n) is 7.33. The normalized spacial score (nSPS) is 12.0. The number of thiazole rings is 1. The van der Waals surface area contributed by atoms with Crippen molar-refractivity contribution in [2.75, 3.05) is 0 Å². The van der Waals surface area contributed by atoms with Crippen molar-refractivity contribution in [3.8, 4) is 5.75 Å². The number of hydrogen-bond donors (Lipinski definition) is 0. The van der Waals surface area contributed by atoms with Crippen LogP contribution in [0.5, 0.6) is 5.75 Å². The Hall–Kier alpha value is -4.04. The summed E-state index contributed by atoms with van der Waals surface area (Å²) in [6.45, 7) is 2.31. The molecule has 8 heteroatoms. The lowest BCUT2D eigenvalue weighted by molar-refractivity contribution is -0.384. The number of rotatable bonds is 5. The summed E-state index contributed by atoms with van der Waals surface area (Å²) in [6, 6.07) is 19.7. The molecule has 7 nitrogen and oxygen atoms in total. The number of hydrogen-bond acceptors (Lipinski definition) is 6. The summed E-state index contributed by atoms with van der Waals surface area (Å²) in [5.41, 5.74) is 3.78. The first-order chi connectivity index (χ1) is 15.5. The van der Waals surface area contributed by atoms with Crippen LogP contribution in [0.1, 0.15) is 16.7 Å². The zero-order valence-electron chi connectivity index (χ0n) is 17.0. The monoisotopic (exact) mass is 443 g/mol. The summed E-state index contributed by atoms with van der Waals surface area (Å²) < 4.78 is 8.00. The zero-order chi connectivity index (χ0) is 22.2. The molecule has 3 aromatic carbocycles. The van der Waals surface area contributed by atoms with Gasteiger partial charge in [-0.1, -0.05) is 47.7 Å². The Morgan fingerprint density at radius 1 is 1.12 bits per heavy atom. The van der Waals surface area contributed by atoms with E-state index < -0.39 is 4.92 Å². The number of imidazole rings is 1. The Morgan fingerprint density at radius 3 is 2.72 bits per heavy atom. The van der Waals surface area contributed by atoms with Crippen LogP contribution in [0.25, 0.3) is 22.1 Å². The zero-order valence-corrected chi connectivity index (χ0v) is 17.8. The minimum absolute atomic E-state index is 0.0706. The largest absolute Gasteiger partial charge is 0.488 e. The molecule has 0 aliphatic carbocycles. The molecule has 158 valence electrons. The lowest BCUT2D eigenvalue weighted by Crippen LogP contribution is -2.22. The Kier molecular flexibility index (Phi) is 4.91. The van der Waals surface area contributed by atoms with Gasteiger partial charge in [-0.2, -0.15) is 0 Å². The first-order valence-corrected chi connectivity index (χ1v) is 10.7. The number of para-hydroxylation sites is 2. The molecule has 0 radical (unpaired) electrons. The average Bonchev–Trinajstić information content (AvgIpc) is 3.30. The van der Waals surface area contributed by atoms with Gasteiger partial charge in [-0.15, -0.1) is 0 Å². The van der Waals surface area contributed by atoms with Crippen LogP contribution in [0, 0.1) is 17.0 Å². The standard InChI is InChI=1S/C24H17N3O4S/c1-15-6-2-3-7-16(15)14-31-21-11-10-18(27(29)30)12-17(21)13-22-23(28)26-20-9-5-4-8-19(20)25-24(26)32-22/h2-13H,14H2,1H3/b22-13-. The molecule has 0 aliphatic rings. The molecule has 0 N–H and O–H groups in total. The fourth-order valence-electron chi connectivity index (χ4n) is 3.57.